The Hall–Kier alpha value is -0.0400. The second kappa shape index (κ2) is 5.94. The van der Waals surface area contributed by atoms with Crippen LogP contribution in [-0.2, 0) is 0 Å². The van der Waals surface area contributed by atoms with E-state index in [0.29, 0.717) is 0 Å². The fraction of sp³-hybridized carbons (Fsp3) is 1.00. The van der Waals surface area contributed by atoms with Crippen LogP contribution in [0.5, 0.6) is 0 Å². The second-order valence-corrected chi connectivity index (χ2v) is 7.42. The van der Waals surface area contributed by atoms with Crippen molar-refractivity contribution in [2.24, 2.45) is 23.7 Å². The van der Waals surface area contributed by atoms with Gasteiger partial charge in [0.05, 0.1) is 0 Å². The maximum absolute atomic E-state index is 3.81. The molecule has 18 heavy (non-hydrogen) atoms. The summed E-state index contributed by atoms with van der Waals surface area (Å²) in [6, 6.07) is 0.899. The highest BCUT2D eigenvalue weighted by atomic mass is 14.9. The summed E-state index contributed by atoms with van der Waals surface area (Å²) in [6.07, 6.45) is 15.0. The van der Waals surface area contributed by atoms with Crippen LogP contribution in [0.3, 0.4) is 0 Å². The Bertz CT molecular complexity index is 252. The molecule has 0 heterocycles. The van der Waals surface area contributed by atoms with Gasteiger partial charge in [0.25, 0.3) is 0 Å². The predicted molar refractivity (Wildman–Crippen MR) is 77.6 cm³/mol. The topological polar surface area (TPSA) is 12.0 Å². The summed E-state index contributed by atoms with van der Waals surface area (Å²) in [7, 11) is 0. The minimum Gasteiger partial charge on any atom is -0.314 e. The molecule has 3 saturated carbocycles. The van der Waals surface area contributed by atoms with E-state index in [0.717, 1.165) is 29.7 Å². The van der Waals surface area contributed by atoms with Crippen LogP contribution in [0.4, 0.5) is 0 Å². The van der Waals surface area contributed by atoms with Crippen LogP contribution in [-0.4, -0.2) is 12.6 Å². The van der Waals surface area contributed by atoms with Crippen molar-refractivity contribution in [2.45, 2.75) is 77.2 Å². The maximum atomic E-state index is 3.81. The highest BCUT2D eigenvalue weighted by Gasteiger charge is 2.35. The Labute approximate surface area is 113 Å². The predicted octanol–water partition coefficient (Wildman–Crippen LogP) is 4.37. The Morgan fingerprint density at radius 3 is 2.39 bits per heavy atom. The van der Waals surface area contributed by atoms with E-state index < -0.39 is 0 Å². The number of hydrogen-bond donors (Lipinski definition) is 1. The van der Waals surface area contributed by atoms with Crippen molar-refractivity contribution in [3.05, 3.63) is 0 Å². The summed E-state index contributed by atoms with van der Waals surface area (Å²) in [6.45, 7) is 3.82. The first-order chi connectivity index (χ1) is 8.83. The lowest BCUT2D eigenvalue weighted by atomic mass is 9.65. The van der Waals surface area contributed by atoms with E-state index in [2.05, 4.69) is 12.2 Å². The molecule has 1 heteroatoms. The van der Waals surface area contributed by atoms with Crippen molar-refractivity contribution in [1.29, 1.82) is 0 Å². The lowest BCUT2D eigenvalue weighted by Crippen LogP contribution is -2.37. The molecule has 0 bridgehead atoms. The molecule has 3 atom stereocenters. The second-order valence-electron chi connectivity index (χ2n) is 7.42. The van der Waals surface area contributed by atoms with E-state index >= 15 is 0 Å². The van der Waals surface area contributed by atoms with Crippen molar-refractivity contribution in [2.75, 3.05) is 6.54 Å². The first-order valence-corrected chi connectivity index (χ1v) is 8.56. The molecule has 1 nitrogen and oxygen atoms in total. The SMILES string of the molecule is CC1CCC(CNC2CC2)C(C2CCCCC2)C1. The average molecular weight is 249 g/mol. The molecular weight excluding hydrogens is 218 g/mol. The summed E-state index contributed by atoms with van der Waals surface area (Å²) >= 11 is 0. The van der Waals surface area contributed by atoms with Crippen LogP contribution in [0.2, 0.25) is 0 Å². The van der Waals surface area contributed by atoms with Gasteiger partial charge in [-0.05, 0) is 55.9 Å². The summed E-state index contributed by atoms with van der Waals surface area (Å²) in [5.41, 5.74) is 0. The summed E-state index contributed by atoms with van der Waals surface area (Å²) in [4.78, 5) is 0. The highest BCUT2D eigenvalue weighted by molar-refractivity contribution is 4.88. The molecule has 3 rings (SSSR count). The van der Waals surface area contributed by atoms with Gasteiger partial charge in [0.15, 0.2) is 0 Å². The van der Waals surface area contributed by atoms with Gasteiger partial charge in [0.1, 0.15) is 0 Å². The van der Waals surface area contributed by atoms with Gasteiger partial charge < -0.3 is 5.32 Å². The van der Waals surface area contributed by atoms with Gasteiger partial charge in [-0.2, -0.15) is 0 Å². The normalized spacial score (nSPS) is 38.8. The lowest BCUT2D eigenvalue weighted by Gasteiger charge is -2.41. The molecule has 0 aromatic carbocycles. The van der Waals surface area contributed by atoms with Gasteiger partial charge in [-0.1, -0.05) is 45.4 Å². The van der Waals surface area contributed by atoms with Gasteiger partial charge >= 0.3 is 0 Å². The zero-order valence-corrected chi connectivity index (χ0v) is 12.2. The van der Waals surface area contributed by atoms with Crippen LogP contribution in [0, 0.1) is 23.7 Å². The lowest BCUT2D eigenvalue weighted by molar-refractivity contribution is 0.100. The largest absolute Gasteiger partial charge is 0.314 e. The van der Waals surface area contributed by atoms with Crippen LogP contribution >= 0.6 is 0 Å². The zero-order valence-electron chi connectivity index (χ0n) is 12.2. The average Bonchev–Trinajstić information content (AvgIpc) is 3.22. The smallest absolute Gasteiger partial charge is 0.00683 e. The van der Waals surface area contributed by atoms with E-state index in [1.54, 1.807) is 0 Å². The van der Waals surface area contributed by atoms with Gasteiger partial charge in [-0.15, -0.1) is 0 Å². The van der Waals surface area contributed by atoms with Crippen molar-refractivity contribution in [1.82, 2.24) is 5.32 Å². The molecular formula is C17H31N. The molecule has 0 aliphatic heterocycles. The van der Waals surface area contributed by atoms with E-state index in [9.17, 15) is 0 Å². The van der Waals surface area contributed by atoms with Gasteiger partial charge in [0, 0.05) is 6.04 Å². The fourth-order valence-corrected chi connectivity index (χ4v) is 4.49. The standard InChI is InChI=1S/C17H31N/c1-13-7-8-15(12-18-16-9-10-16)17(11-13)14-5-3-2-4-6-14/h13-18H,2-12H2,1H3. The fourth-order valence-electron chi connectivity index (χ4n) is 4.49. The van der Waals surface area contributed by atoms with Crippen LogP contribution < -0.4 is 5.32 Å². The van der Waals surface area contributed by atoms with Gasteiger partial charge in [-0.3, -0.25) is 0 Å². The Kier molecular flexibility index (Phi) is 4.28. The summed E-state index contributed by atoms with van der Waals surface area (Å²) in [5, 5.41) is 3.81. The maximum Gasteiger partial charge on any atom is 0.00683 e. The molecule has 0 radical (unpaired) electrons. The Morgan fingerprint density at radius 2 is 1.67 bits per heavy atom. The van der Waals surface area contributed by atoms with Gasteiger partial charge in [-0.25, -0.2) is 0 Å². The van der Waals surface area contributed by atoms with Crippen LogP contribution in [0.15, 0.2) is 0 Å². The van der Waals surface area contributed by atoms with E-state index in [4.69, 9.17) is 0 Å². The minimum atomic E-state index is 0.899. The third kappa shape index (κ3) is 3.29. The van der Waals surface area contributed by atoms with E-state index in [1.165, 1.54) is 70.8 Å². The van der Waals surface area contributed by atoms with Crippen molar-refractivity contribution in [3.8, 4) is 0 Å². The zero-order chi connectivity index (χ0) is 12.4. The molecule has 0 aromatic heterocycles. The van der Waals surface area contributed by atoms with Crippen molar-refractivity contribution >= 4 is 0 Å². The monoisotopic (exact) mass is 249 g/mol. The number of hydrogen-bond acceptors (Lipinski definition) is 1. The molecule has 0 spiro atoms. The minimum absolute atomic E-state index is 0.899. The van der Waals surface area contributed by atoms with Crippen molar-refractivity contribution < 1.29 is 0 Å². The van der Waals surface area contributed by atoms with Crippen molar-refractivity contribution in [3.63, 3.8) is 0 Å². The molecule has 0 saturated heterocycles. The molecule has 3 aliphatic carbocycles. The third-order valence-electron chi connectivity index (χ3n) is 5.81. The molecule has 3 fully saturated rings. The van der Waals surface area contributed by atoms with Gasteiger partial charge in [0.2, 0.25) is 0 Å². The number of nitrogens with one attached hydrogen (secondary N) is 1. The van der Waals surface area contributed by atoms with Crippen LogP contribution in [0.25, 0.3) is 0 Å². The Morgan fingerprint density at radius 1 is 0.889 bits per heavy atom. The summed E-state index contributed by atoms with van der Waals surface area (Å²) < 4.78 is 0. The highest BCUT2D eigenvalue weighted by Crippen LogP contribution is 2.43. The summed E-state index contributed by atoms with van der Waals surface area (Å²) in [5.74, 6) is 4.13. The van der Waals surface area contributed by atoms with E-state index in [1.807, 2.05) is 0 Å². The number of rotatable bonds is 4. The molecule has 104 valence electrons. The van der Waals surface area contributed by atoms with Crippen LogP contribution in [0.1, 0.15) is 71.1 Å². The first kappa shape index (κ1) is 13.0. The Balaban J connectivity index is 1.56. The third-order valence-corrected chi connectivity index (χ3v) is 5.81. The molecule has 3 aliphatic rings. The first-order valence-electron chi connectivity index (χ1n) is 8.56. The molecule has 3 unspecified atom stereocenters. The molecule has 1 N–H and O–H groups in total. The quantitative estimate of drug-likeness (QED) is 0.780. The molecule has 0 aromatic rings. The van der Waals surface area contributed by atoms with E-state index in [-0.39, 0.29) is 0 Å². The molecule has 0 amide bonds.